The third-order valence-corrected chi connectivity index (χ3v) is 6.60. The van der Waals surface area contributed by atoms with E-state index in [2.05, 4.69) is 15.1 Å². The van der Waals surface area contributed by atoms with Gasteiger partial charge in [-0.2, -0.15) is 5.10 Å². The van der Waals surface area contributed by atoms with Crippen molar-refractivity contribution in [2.75, 3.05) is 13.4 Å². The minimum absolute atomic E-state index is 0.140. The van der Waals surface area contributed by atoms with Gasteiger partial charge in [-0.3, -0.25) is 4.68 Å². The highest BCUT2D eigenvalue weighted by Crippen LogP contribution is 2.38. The van der Waals surface area contributed by atoms with E-state index in [-0.39, 0.29) is 30.1 Å². The molecule has 1 saturated heterocycles. The summed E-state index contributed by atoms with van der Waals surface area (Å²) in [5, 5.41) is 4.49. The van der Waals surface area contributed by atoms with Crippen molar-refractivity contribution in [1.82, 2.24) is 29.7 Å². The third-order valence-electron chi connectivity index (χ3n) is 6.60. The number of rotatable bonds is 4. The first-order valence-electron chi connectivity index (χ1n) is 11.7. The molecule has 2 fully saturated rings. The zero-order chi connectivity index (χ0) is 24.1. The largest absolute Gasteiger partial charge is 0.355 e. The maximum absolute atomic E-state index is 14.8. The second kappa shape index (κ2) is 8.69. The van der Waals surface area contributed by atoms with Crippen LogP contribution >= 0.6 is 0 Å². The molecule has 3 aromatic heterocycles. The molecule has 0 bridgehead atoms. The summed E-state index contributed by atoms with van der Waals surface area (Å²) in [7, 11) is 0. The number of nitrogens with zero attached hydrogens (tertiary/aromatic N) is 6. The molecule has 4 heterocycles. The Morgan fingerprint density at radius 3 is 2.66 bits per heavy atom. The Morgan fingerprint density at radius 1 is 1.03 bits per heavy atom. The molecule has 0 amide bonds. The number of hydrogen-bond acceptors (Lipinski definition) is 7. The van der Waals surface area contributed by atoms with Gasteiger partial charge in [0.1, 0.15) is 35.5 Å². The summed E-state index contributed by atoms with van der Waals surface area (Å²) in [5.74, 6) is -1.16. The highest BCUT2D eigenvalue weighted by atomic mass is 19.1. The highest BCUT2D eigenvalue weighted by molar-refractivity contribution is 5.87. The monoisotopic (exact) mass is 478 g/mol. The number of aryl methyl sites for hydroxylation is 2. The van der Waals surface area contributed by atoms with Crippen molar-refractivity contribution in [2.45, 2.75) is 51.2 Å². The molecule has 2 atom stereocenters. The van der Waals surface area contributed by atoms with E-state index in [0.29, 0.717) is 41.8 Å². The van der Waals surface area contributed by atoms with Gasteiger partial charge in [0.05, 0.1) is 36.3 Å². The van der Waals surface area contributed by atoms with Gasteiger partial charge in [0.15, 0.2) is 5.65 Å². The van der Waals surface area contributed by atoms with Crippen LogP contribution in [0.3, 0.4) is 0 Å². The topological polar surface area (TPSA) is 87.8 Å². The molecule has 1 aliphatic carbocycles. The van der Waals surface area contributed by atoms with Crippen LogP contribution in [0.2, 0.25) is 0 Å². The quantitative estimate of drug-likeness (QED) is 0.419. The van der Waals surface area contributed by atoms with Crippen LogP contribution < -0.4 is 0 Å². The predicted octanol–water partition coefficient (Wildman–Crippen LogP) is 4.73. The lowest BCUT2D eigenvalue weighted by molar-refractivity contribution is -0.0689. The van der Waals surface area contributed by atoms with Crippen LogP contribution in [-0.2, 0) is 9.47 Å². The van der Waals surface area contributed by atoms with Crippen LogP contribution in [0.5, 0.6) is 0 Å². The van der Waals surface area contributed by atoms with Crippen LogP contribution in [0.1, 0.15) is 60.1 Å². The Morgan fingerprint density at radius 2 is 1.86 bits per heavy atom. The van der Waals surface area contributed by atoms with Crippen LogP contribution in [0.25, 0.3) is 22.4 Å². The molecule has 0 spiro atoms. The molecule has 1 saturated carbocycles. The average molecular weight is 479 g/mol. The lowest BCUT2D eigenvalue weighted by Crippen LogP contribution is -2.14. The molecule has 0 radical (unpaired) electrons. The van der Waals surface area contributed by atoms with Crippen molar-refractivity contribution >= 4 is 11.2 Å². The van der Waals surface area contributed by atoms with Gasteiger partial charge in [-0.1, -0.05) is 0 Å². The van der Waals surface area contributed by atoms with E-state index in [4.69, 9.17) is 19.4 Å². The molecule has 10 heteroatoms. The van der Waals surface area contributed by atoms with E-state index < -0.39 is 11.6 Å². The number of fused-ring (bicyclic) bond motifs is 1. The van der Waals surface area contributed by atoms with E-state index >= 15 is 0 Å². The SMILES string of the molecule is Cc1nc2nc(C3COCOC(c4cnn(C5CC5)c4)C3)nc(-c3ccc(F)cc3F)c2nc1C. The first-order valence-corrected chi connectivity index (χ1v) is 11.7. The molecular formula is C25H24F2N6O2. The minimum atomic E-state index is -0.721. The van der Waals surface area contributed by atoms with E-state index in [1.165, 1.54) is 12.1 Å². The summed E-state index contributed by atoms with van der Waals surface area (Å²) in [6.07, 6.45) is 6.47. The van der Waals surface area contributed by atoms with Gasteiger partial charge in [0, 0.05) is 29.3 Å². The number of hydrogen-bond donors (Lipinski definition) is 0. The molecule has 8 nitrogen and oxygen atoms in total. The summed E-state index contributed by atoms with van der Waals surface area (Å²) in [5.41, 5.74) is 3.54. The maximum atomic E-state index is 14.8. The summed E-state index contributed by atoms with van der Waals surface area (Å²) in [6.45, 7) is 4.14. The summed E-state index contributed by atoms with van der Waals surface area (Å²) in [4.78, 5) is 18.6. The van der Waals surface area contributed by atoms with Crippen LogP contribution in [-0.4, -0.2) is 43.1 Å². The minimum Gasteiger partial charge on any atom is -0.355 e. The first kappa shape index (κ1) is 22.1. The fourth-order valence-corrected chi connectivity index (χ4v) is 4.37. The van der Waals surface area contributed by atoms with E-state index in [0.717, 1.165) is 30.2 Å². The smallest absolute Gasteiger partial charge is 0.182 e. The molecule has 1 aliphatic heterocycles. The van der Waals surface area contributed by atoms with Gasteiger partial charge >= 0.3 is 0 Å². The number of halogens is 2. The Balaban J connectivity index is 1.43. The average Bonchev–Trinajstić information content (AvgIpc) is 3.62. The van der Waals surface area contributed by atoms with Gasteiger partial charge in [0.2, 0.25) is 0 Å². The zero-order valence-electron chi connectivity index (χ0n) is 19.4. The Kier molecular flexibility index (Phi) is 5.49. The molecule has 2 unspecified atom stereocenters. The van der Waals surface area contributed by atoms with Crippen molar-refractivity contribution in [3.63, 3.8) is 0 Å². The van der Waals surface area contributed by atoms with Gasteiger partial charge in [-0.05, 0) is 45.2 Å². The fraction of sp³-hybridized carbons (Fsp3) is 0.400. The molecule has 2 aliphatic rings. The van der Waals surface area contributed by atoms with Crippen LogP contribution in [0.4, 0.5) is 8.78 Å². The Hall–Kier alpha value is -3.37. The highest BCUT2D eigenvalue weighted by Gasteiger charge is 2.30. The molecule has 0 N–H and O–H groups in total. The van der Waals surface area contributed by atoms with E-state index in [1.54, 1.807) is 0 Å². The third kappa shape index (κ3) is 4.28. The van der Waals surface area contributed by atoms with Gasteiger partial charge in [-0.25, -0.2) is 28.7 Å². The number of aromatic nitrogens is 6. The summed E-state index contributed by atoms with van der Waals surface area (Å²) in [6, 6.07) is 3.89. The second-order valence-electron chi connectivity index (χ2n) is 9.18. The lowest BCUT2D eigenvalue weighted by Gasteiger charge is -2.18. The lowest BCUT2D eigenvalue weighted by atomic mass is 9.98. The van der Waals surface area contributed by atoms with Gasteiger partial charge in [-0.15, -0.1) is 0 Å². The molecule has 4 aromatic rings. The summed E-state index contributed by atoms with van der Waals surface area (Å²) >= 11 is 0. The number of ether oxygens (including phenoxy) is 2. The summed E-state index contributed by atoms with van der Waals surface area (Å²) < 4.78 is 42.1. The molecular weight excluding hydrogens is 454 g/mol. The van der Waals surface area contributed by atoms with Crippen molar-refractivity contribution in [3.8, 4) is 11.3 Å². The Labute approximate surface area is 200 Å². The van der Waals surface area contributed by atoms with Crippen molar-refractivity contribution in [3.05, 3.63) is 65.0 Å². The van der Waals surface area contributed by atoms with Crippen molar-refractivity contribution < 1.29 is 18.3 Å². The molecule has 1 aromatic carbocycles. The van der Waals surface area contributed by atoms with Crippen molar-refractivity contribution in [2.24, 2.45) is 0 Å². The maximum Gasteiger partial charge on any atom is 0.182 e. The molecule has 6 rings (SSSR count). The predicted molar refractivity (Wildman–Crippen MR) is 122 cm³/mol. The zero-order valence-corrected chi connectivity index (χ0v) is 19.4. The van der Waals surface area contributed by atoms with Crippen molar-refractivity contribution in [1.29, 1.82) is 0 Å². The first-order chi connectivity index (χ1) is 17.0. The second-order valence-corrected chi connectivity index (χ2v) is 9.18. The number of benzene rings is 1. The molecule has 35 heavy (non-hydrogen) atoms. The van der Waals surface area contributed by atoms with Crippen LogP contribution in [0.15, 0.2) is 30.6 Å². The fourth-order valence-electron chi connectivity index (χ4n) is 4.37. The Bertz CT molecular complexity index is 1420. The van der Waals surface area contributed by atoms with Gasteiger partial charge < -0.3 is 9.47 Å². The van der Waals surface area contributed by atoms with E-state index in [9.17, 15) is 8.78 Å². The van der Waals surface area contributed by atoms with E-state index in [1.807, 2.05) is 30.9 Å². The normalized spacial score (nSPS) is 20.8. The standard InChI is InChI=1S/C25H24F2N6O2/c1-13-14(2)30-25-23(29-13)22(19-6-3-17(26)8-20(19)27)31-24(32-25)15-7-21(35-12-34-11-15)16-9-28-33(10-16)18-4-5-18/h3,6,8-10,15,18,21H,4-5,7,11-12H2,1-2H3. The van der Waals surface area contributed by atoms with Crippen LogP contribution in [0, 0.1) is 25.5 Å². The van der Waals surface area contributed by atoms with Gasteiger partial charge in [0.25, 0.3) is 0 Å². The molecule has 180 valence electrons.